The maximum atomic E-state index is 11.4. The third-order valence-corrected chi connectivity index (χ3v) is 2.95. The van der Waals surface area contributed by atoms with E-state index in [1.165, 1.54) is 19.2 Å². The summed E-state index contributed by atoms with van der Waals surface area (Å²) in [6.45, 7) is 0. The molecule has 6 nitrogen and oxygen atoms in total. The molecule has 21 heavy (non-hydrogen) atoms. The van der Waals surface area contributed by atoms with Crippen LogP contribution in [0.2, 0.25) is 0 Å². The number of nitrogens with one attached hydrogen (secondary N) is 1. The fraction of sp³-hybridized carbons (Fsp3) is 0.0667. The van der Waals surface area contributed by atoms with Gasteiger partial charge in [0.05, 0.1) is 18.4 Å². The van der Waals surface area contributed by atoms with Crippen molar-refractivity contribution in [3.05, 3.63) is 48.0 Å². The lowest BCUT2D eigenvalue weighted by atomic mass is 10.2. The van der Waals surface area contributed by atoms with Crippen LogP contribution in [0.1, 0.15) is 10.4 Å². The third-order valence-electron chi connectivity index (χ3n) is 2.95. The molecular formula is C15H12N2O4. The molecule has 1 aromatic heterocycles. The van der Waals surface area contributed by atoms with Crippen LogP contribution in [0, 0.1) is 0 Å². The molecule has 0 aliphatic heterocycles. The molecule has 0 aliphatic rings. The molecule has 0 spiro atoms. The summed E-state index contributed by atoms with van der Waals surface area (Å²) in [5.41, 5.74) is 2.00. The second-order valence-electron chi connectivity index (χ2n) is 4.34. The summed E-state index contributed by atoms with van der Waals surface area (Å²) in [4.78, 5) is 15.6. The molecule has 0 saturated carbocycles. The molecule has 0 atom stereocenters. The quantitative estimate of drug-likeness (QED) is 0.568. The average Bonchev–Trinajstić information content (AvgIpc) is 2.90. The number of carbonyl (C=O) groups excluding carboxylic acids is 1. The molecule has 2 aromatic carbocycles. The Balaban J connectivity index is 1.89. The Bertz CT molecular complexity index is 777. The number of carbonyl (C=O) groups is 1. The van der Waals surface area contributed by atoms with Gasteiger partial charge in [-0.25, -0.2) is 4.79 Å². The number of anilines is 2. The lowest BCUT2D eigenvalue weighted by molar-refractivity contribution is 0.0600. The highest BCUT2D eigenvalue weighted by molar-refractivity contribution is 5.90. The zero-order valence-corrected chi connectivity index (χ0v) is 11.2. The number of methoxy groups -OCH3 is 1. The second-order valence-corrected chi connectivity index (χ2v) is 4.34. The SMILES string of the molecule is COC(=O)c1ccc(Nc2nc3ccccc3o2)c(O)c1. The number of esters is 1. The van der Waals surface area contributed by atoms with Gasteiger partial charge in [0.2, 0.25) is 0 Å². The summed E-state index contributed by atoms with van der Waals surface area (Å²) in [7, 11) is 1.28. The maximum absolute atomic E-state index is 11.4. The number of hydrogen-bond acceptors (Lipinski definition) is 6. The Labute approximate surface area is 120 Å². The first-order valence-corrected chi connectivity index (χ1v) is 6.21. The number of nitrogens with zero attached hydrogens (tertiary/aromatic N) is 1. The standard InChI is InChI=1S/C15H12N2O4/c1-20-14(19)9-6-7-10(12(18)8-9)16-15-17-11-4-2-3-5-13(11)21-15/h2-8,18H,1H3,(H,16,17). The van der Waals surface area contributed by atoms with Crippen LogP contribution in [-0.4, -0.2) is 23.2 Å². The van der Waals surface area contributed by atoms with Crippen LogP contribution in [0.4, 0.5) is 11.7 Å². The normalized spacial score (nSPS) is 10.5. The van der Waals surface area contributed by atoms with Crippen LogP contribution in [0.3, 0.4) is 0 Å². The smallest absolute Gasteiger partial charge is 0.337 e. The van der Waals surface area contributed by atoms with Crippen LogP contribution >= 0.6 is 0 Å². The van der Waals surface area contributed by atoms with Crippen LogP contribution in [0.5, 0.6) is 5.75 Å². The Kier molecular flexibility index (Phi) is 3.19. The number of fused-ring (bicyclic) bond motifs is 1. The van der Waals surface area contributed by atoms with E-state index in [4.69, 9.17) is 4.42 Å². The van der Waals surface area contributed by atoms with E-state index in [9.17, 15) is 9.90 Å². The van der Waals surface area contributed by atoms with Crippen molar-refractivity contribution in [2.75, 3.05) is 12.4 Å². The van der Waals surface area contributed by atoms with Gasteiger partial charge >= 0.3 is 5.97 Å². The number of para-hydroxylation sites is 2. The van der Waals surface area contributed by atoms with E-state index >= 15 is 0 Å². The number of benzene rings is 2. The maximum Gasteiger partial charge on any atom is 0.337 e. The zero-order valence-electron chi connectivity index (χ0n) is 11.2. The minimum absolute atomic E-state index is 0.0971. The molecule has 3 aromatic rings. The molecule has 0 fully saturated rings. The van der Waals surface area contributed by atoms with Crippen molar-refractivity contribution in [2.24, 2.45) is 0 Å². The molecular weight excluding hydrogens is 272 g/mol. The number of oxazole rings is 1. The Morgan fingerprint density at radius 1 is 1.29 bits per heavy atom. The molecule has 0 radical (unpaired) electrons. The van der Waals surface area contributed by atoms with Crippen molar-refractivity contribution < 1.29 is 19.1 Å². The number of aromatic hydroxyl groups is 1. The number of hydrogen-bond donors (Lipinski definition) is 2. The molecule has 0 unspecified atom stereocenters. The summed E-state index contributed by atoms with van der Waals surface area (Å²) in [5, 5.41) is 12.8. The fourth-order valence-electron chi connectivity index (χ4n) is 1.92. The topological polar surface area (TPSA) is 84.6 Å². The lowest BCUT2D eigenvalue weighted by Crippen LogP contribution is -2.01. The molecule has 0 aliphatic carbocycles. The van der Waals surface area contributed by atoms with Crippen molar-refractivity contribution in [3.8, 4) is 5.75 Å². The van der Waals surface area contributed by atoms with Gasteiger partial charge in [-0.2, -0.15) is 4.98 Å². The summed E-state index contributed by atoms with van der Waals surface area (Å²) in [5.74, 6) is -0.612. The lowest BCUT2D eigenvalue weighted by Gasteiger charge is -2.06. The molecule has 0 bridgehead atoms. The van der Waals surface area contributed by atoms with Crippen LogP contribution in [0.25, 0.3) is 11.1 Å². The van der Waals surface area contributed by atoms with Gasteiger partial charge in [-0.15, -0.1) is 0 Å². The van der Waals surface area contributed by atoms with Gasteiger partial charge in [0, 0.05) is 0 Å². The Morgan fingerprint density at radius 3 is 2.81 bits per heavy atom. The van der Waals surface area contributed by atoms with E-state index in [2.05, 4.69) is 15.0 Å². The van der Waals surface area contributed by atoms with Gasteiger partial charge in [-0.3, -0.25) is 0 Å². The molecule has 0 saturated heterocycles. The molecule has 106 valence electrons. The predicted octanol–water partition coefficient (Wildman–Crippen LogP) is 3.06. The summed E-state index contributed by atoms with van der Waals surface area (Å²) >= 11 is 0. The average molecular weight is 284 g/mol. The van der Waals surface area contributed by atoms with E-state index in [0.717, 1.165) is 0 Å². The van der Waals surface area contributed by atoms with E-state index in [-0.39, 0.29) is 17.3 Å². The van der Waals surface area contributed by atoms with Crippen molar-refractivity contribution >= 4 is 28.8 Å². The third kappa shape index (κ3) is 2.51. The minimum Gasteiger partial charge on any atom is -0.506 e. The highest BCUT2D eigenvalue weighted by Gasteiger charge is 2.11. The number of phenols is 1. The minimum atomic E-state index is -0.515. The highest BCUT2D eigenvalue weighted by Crippen LogP contribution is 2.29. The van der Waals surface area contributed by atoms with Crippen molar-refractivity contribution in [2.45, 2.75) is 0 Å². The van der Waals surface area contributed by atoms with Gasteiger partial charge in [0.15, 0.2) is 5.58 Å². The van der Waals surface area contributed by atoms with Crippen molar-refractivity contribution in [3.63, 3.8) is 0 Å². The first kappa shape index (κ1) is 13.0. The van der Waals surface area contributed by atoms with Crippen LogP contribution in [-0.2, 0) is 4.74 Å². The summed E-state index contributed by atoms with van der Waals surface area (Å²) < 4.78 is 10.1. The fourth-order valence-corrected chi connectivity index (χ4v) is 1.92. The number of aromatic nitrogens is 1. The van der Waals surface area contributed by atoms with E-state index in [0.29, 0.717) is 16.8 Å². The predicted molar refractivity (Wildman–Crippen MR) is 76.7 cm³/mol. The summed E-state index contributed by atoms with van der Waals surface area (Å²) in [6.07, 6.45) is 0. The Morgan fingerprint density at radius 2 is 2.10 bits per heavy atom. The van der Waals surface area contributed by atoms with Crippen molar-refractivity contribution in [1.82, 2.24) is 4.98 Å². The van der Waals surface area contributed by atoms with E-state index < -0.39 is 5.97 Å². The first-order valence-electron chi connectivity index (χ1n) is 6.21. The Hall–Kier alpha value is -3.02. The number of rotatable bonds is 3. The molecule has 3 rings (SSSR count). The molecule has 0 amide bonds. The van der Waals surface area contributed by atoms with Crippen LogP contribution < -0.4 is 5.32 Å². The van der Waals surface area contributed by atoms with Gasteiger partial charge in [-0.1, -0.05) is 12.1 Å². The molecule has 1 heterocycles. The number of phenolic OH excluding ortho intramolecular Hbond substituents is 1. The van der Waals surface area contributed by atoms with Gasteiger partial charge in [-0.05, 0) is 30.3 Å². The van der Waals surface area contributed by atoms with Crippen molar-refractivity contribution in [1.29, 1.82) is 0 Å². The zero-order chi connectivity index (χ0) is 14.8. The summed E-state index contributed by atoms with van der Waals surface area (Å²) in [6, 6.07) is 12.0. The van der Waals surface area contributed by atoms with Crippen LogP contribution in [0.15, 0.2) is 46.9 Å². The first-order chi connectivity index (χ1) is 10.2. The second kappa shape index (κ2) is 5.16. The van der Waals surface area contributed by atoms with Gasteiger partial charge < -0.3 is 19.6 Å². The van der Waals surface area contributed by atoms with E-state index in [1.807, 2.05) is 18.2 Å². The van der Waals surface area contributed by atoms with E-state index in [1.54, 1.807) is 12.1 Å². The van der Waals surface area contributed by atoms with Gasteiger partial charge in [0.25, 0.3) is 6.01 Å². The number of ether oxygens (including phenoxy) is 1. The van der Waals surface area contributed by atoms with Gasteiger partial charge in [0.1, 0.15) is 11.3 Å². The highest BCUT2D eigenvalue weighted by atomic mass is 16.5. The molecule has 2 N–H and O–H groups in total. The monoisotopic (exact) mass is 284 g/mol. The molecule has 6 heteroatoms. The largest absolute Gasteiger partial charge is 0.506 e.